The molecule has 0 aromatic heterocycles. The number of nitrogens with one attached hydrogen (secondary N) is 1. The predicted molar refractivity (Wildman–Crippen MR) is 72.8 cm³/mol. The van der Waals surface area contributed by atoms with Gasteiger partial charge in [-0.05, 0) is 28.5 Å². The van der Waals surface area contributed by atoms with Gasteiger partial charge < -0.3 is 0 Å². The van der Waals surface area contributed by atoms with Crippen LogP contribution in [0.5, 0.6) is 0 Å². The van der Waals surface area contributed by atoms with E-state index in [1.54, 1.807) is 6.08 Å². The first-order valence-corrected chi connectivity index (χ1v) is 6.45. The molecule has 0 spiro atoms. The van der Waals surface area contributed by atoms with Gasteiger partial charge in [-0.25, -0.2) is 9.69 Å². The highest BCUT2D eigenvalue weighted by atomic mass is 32.2. The summed E-state index contributed by atoms with van der Waals surface area (Å²) in [6, 6.07) is 14.3. The van der Waals surface area contributed by atoms with E-state index in [0.29, 0.717) is 5.84 Å². The third kappa shape index (κ3) is 2.32. The summed E-state index contributed by atoms with van der Waals surface area (Å²) in [7, 11) is 0. The Morgan fingerprint density at radius 3 is 2.72 bits per heavy atom. The molecule has 18 heavy (non-hydrogen) atoms. The van der Waals surface area contributed by atoms with Crippen molar-refractivity contribution in [3.8, 4) is 0 Å². The van der Waals surface area contributed by atoms with Gasteiger partial charge in [0.25, 0.3) is 0 Å². The lowest BCUT2D eigenvalue weighted by Crippen LogP contribution is -2.13. The third-order valence-corrected chi connectivity index (χ3v) is 3.17. The van der Waals surface area contributed by atoms with Crippen LogP contribution in [-0.2, 0) is 15.6 Å². The number of hydroxylamine groups is 1. The summed E-state index contributed by atoms with van der Waals surface area (Å²) in [5.74, 6) is 0.460. The van der Waals surface area contributed by atoms with Crippen molar-refractivity contribution in [1.29, 1.82) is 0 Å². The molecule has 0 bridgehead atoms. The van der Waals surface area contributed by atoms with E-state index in [9.17, 15) is 4.21 Å². The van der Waals surface area contributed by atoms with Crippen molar-refractivity contribution in [2.45, 2.75) is 0 Å². The Morgan fingerprint density at radius 1 is 1.11 bits per heavy atom. The quantitative estimate of drug-likeness (QED) is 0.899. The van der Waals surface area contributed by atoms with Gasteiger partial charge in [0.1, 0.15) is 0 Å². The van der Waals surface area contributed by atoms with Crippen molar-refractivity contribution in [1.82, 2.24) is 5.48 Å². The van der Waals surface area contributed by atoms with E-state index in [0.717, 1.165) is 5.56 Å². The van der Waals surface area contributed by atoms with E-state index in [1.165, 1.54) is 10.8 Å². The number of hydrogen-bond acceptors (Lipinski definition) is 3. The first-order chi connectivity index (χ1) is 8.81. The van der Waals surface area contributed by atoms with E-state index >= 15 is 0 Å². The fraction of sp³-hybridized carbons (Fsp3) is 0. The zero-order chi connectivity index (χ0) is 12.4. The topological polar surface area (TPSA) is 50.7 Å². The first kappa shape index (κ1) is 11.1. The van der Waals surface area contributed by atoms with E-state index in [4.69, 9.17) is 0 Å². The van der Waals surface area contributed by atoms with Gasteiger partial charge in [0.15, 0.2) is 5.84 Å². The second-order valence-corrected chi connectivity index (χ2v) is 4.60. The lowest BCUT2D eigenvalue weighted by Gasteiger charge is -1.99. The van der Waals surface area contributed by atoms with Crippen LogP contribution in [0, 0.1) is 0 Å². The Hall–Kier alpha value is -1.98. The summed E-state index contributed by atoms with van der Waals surface area (Å²) in [6.07, 6.45) is 3.62. The van der Waals surface area contributed by atoms with E-state index in [2.05, 4.69) is 38.4 Å². The molecule has 2 aromatic rings. The standard InChI is InChI=1S/C13H10N2O2S/c16-18-15-13(14-17-18)8-6-10-5-7-11-3-1-2-4-12(11)9-10/h1-9H,(H,14,15)/b8-6+. The average Bonchev–Trinajstić information content (AvgIpc) is 2.82. The minimum Gasteiger partial charge on any atom is -0.231 e. The molecule has 5 heteroatoms. The van der Waals surface area contributed by atoms with Gasteiger partial charge in [-0.2, -0.15) is 4.28 Å². The van der Waals surface area contributed by atoms with Crippen molar-refractivity contribution >= 4 is 34.0 Å². The molecule has 0 fully saturated rings. The summed E-state index contributed by atoms with van der Waals surface area (Å²) in [6.45, 7) is 0. The minimum absolute atomic E-state index is 0.460. The van der Waals surface area contributed by atoms with Crippen LogP contribution in [0.3, 0.4) is 0 Å². The second-order valence-electron chi connectivity index (χ2n) is 3.82. The van der Waals surface area contributed by atoms with Crippen molar-refractivity contribution in [2.24, 2.45) is 4.40 Å². The van der Waals surface area contributed by atoms with E-state index in [-0.39, 0.29) is 0 Å². The summed E-state index contributed by atoms with van der Waals surface area (Å²) >= 11 is -1.61. The van der Waals surface area contributed by atoms with Gasteiger partial charge in [0.05, 0.1) is 0 Å². The summed E-state index contributed by atoms with van der Waals surface area (Å²) in [5.41, 5.74) is 3.53. The number of nitrogens with zero attached hydrogens (tertiary/aromatic N) is 1. The maximum Gasteiger partial charge on any atom is 0.309 e. The highest BCUT2D eigenvalue weighted by Crippen LogP contribution is 2.16. The van der Waals surface area contributed by atoms with Crippen molar-refractivity contribution < 1.29 is 8.49 Å². The van der Waals surface area contributed by atoms with E-state index < -0.39 is 11.3 Å². The van der Waals surface area contributed by atoms with E-state index in [1.807, 2.05) is 24.3 Å². The lowest BCUT2D eigenvalue weighted by molar-refractivity contribution is 0.306. The van der Waals surface area contributed by atoms with Crippen LogP contribution < -0.4 is 5.48 Å². The number of benzene rings is 2. The fourth-order valence-corrected chi connectivity index (χ4v) is 2.20. The van der Waals surface area contributed by atoms with Crippen LogP contribution in [0.15, 0.2) is 52.9 Å². The molecule has 90 valence electrons. The highest BCUT2D eigenvalue weighted by Gasteiger charge is 2.09. The Bertz CT molecular complexity index is 680. The number of fused-ring (bicyclic) bond motifs is 1. The monoisotopic (exact) mass is 258 g/mol. The molecule has 0 saturated heterocycles. The van der Waals surface area contributed by atoms with Gasteiger partial charge in [-0.1, -0.05) is 42.5 Å². The summed E-state index contributed by atoms with van der Waals surface area (Å²) < 4.78 is 19.2. The number of amidine groups is 1. The first-order valence-electron chi connectivity index (χ1n) is 5.42. The largest absolute Gasteiger partial charge is 0.309 e. The molecule has 0 saturated carbocycles. The van der Waals surface area contributed by atoms with Crippen molar-refractivity contribution in [2.75, 3.05) is 0 Å². The van der Waals surface area contributed by atoms with Gasteiger partial charge in [0, 0.05) is 0 Å². The maximum absolute atomic E-state index is 10.8. The Morgan fingerprint density at radius 2 is 1.94 bits per heavy atom. The number of rotatable bonds is 2. The van der Waals surface area contributed by atoms with Crippen LogP contribution >= 0.6 is 0 Å². The highest BCUT2D eigenvalue weighted by molar-refractivity contribution is 7.79. The zero-order valence-corrected chi connectivity index (χ0v) is 10.2. The molecule has 2 aromatic carbocycles. The minimum atomic E-state index is -1.61. The van der Waals surface area contributed by atoms with Crippen LogP contribution in [0.1, 0.15) is 5.56 Å². The normalized spacial score (nSPS) is 19.1. The van der Waals surface area contributed by atoms with Gasteiger partial charge in [-0.15, -0.1) is 4.40 Å². The lowest BCUT2D eigenvalue weighted by atomic mass is 10.1. The SMILES string of the molecule is O=S1N=C(/C=C/c2ccc3ccccc3c2)NO1. The molecular formula is C13H10N2O2S. The molecular weight excluding hydrogens is 248 g/mol. The molecule has 1 heterocycles. The molecule has 3 rings (SSSR count). The Kier molecular flexibility index (Phi) is 2.92. The molecule has 4 nitrogen and oxygen atoms in total. The molecule has 1 N–H and O–H groups in total. The van der Waals surface area contributed by atoms with Crippen LogP contribution in [0.4, 0.5) is 0 Å². The Balaban J connectivity index is 1.89. The molecule has 1 aliphatic rings. The van der Waals surface area contributed by atoms with Crippen LogP contribution in [0.25, 0.3) is 16.8 Å². The van der Waals surface area contributed by atoms with Crippen LogP contribution in [0.2, 0.25) is 0 Å². The molecule has 1 atom stereocenters. The molecule has 0 amide bonds. The smallest absolute Gasteiger partial charge is 0.231 e. The fourth-order valence-electron chi connectivity index (χ4n) is 1.75. The van der Waals surface area contributed by atoms with Crippen molar-refractivity contribution in [3.63, 3.8) is 0 Å². The maximum atomic E-state index is 10.8. The molecule has 1 aliphatic heterocycles. The molecule has 0 radical (unpaired) electrons. The summed E-state index contributed by atoms with van der Waals surface area (Å²) in [5, 5.41) is 2.39. The van der Waals surface area contributed by atoms with Gasteiger partial charge in [-0.3, -0.25) is 0 Å². The second kappa shape index (κ2) is 4.72. The zero-order valence-electron chi connectivity index (χ0n) is 9.37. The predicted octanol–water partition coefficient (Wildman–Crippen LogP) is 2.37. The summed E-state index contributed by atoms with van der Waals surface area (Å²) in [4.78, 5) is 0. The Labute approximate surface area is 107 Å². The van der Waals surface area contributed by atoms with Gasteiger partial charge >= 0.3 is 11.3 Å². The average molecular weight is 258 g/mol. The van der Waals surface area contributed by atoms with Gasteiger partial charge in [0.2, 0.25) is 0 Å². The van der Waals surface area contributed by atoms with Crippen molar-refractivity contribution in [3.05, 3.63) is 54.1 Å². The third-order valence-electron chi connectivity index (χ3n) is 2.60. The van der Waals surface area contributed by atoms with Crippen LogP contribution in [-0.4, -0.2) is 10.0 Å². The number of hydrogen-bond donors (Lipinski definition) is 1. The molecule has 1 unspecified atom stereocenters. The molecule has 0 aliphatic carbocycles.